The van der Waals surface area contributed by atoms with Crippen LogP contribution in [0.2, 0.25) is 0 Å². The second-order valence-corrected chi connectivity index (χ2v) is 5.73. The van der Waals surface area contributed by atoms with Crippen LogP contribution in [0.1, 0.15) is 28.8 Å². The van der Waals surface area contributed by atoms with E-state index in [-0.39, 0.29) is 11.8 Å². The van der Waals surface area contributed by atoms with Gasteiger partial charge in [-0.1, -0.05) is 42.5 Å². The van der Waals surface area contributed by atoms with Crippen LogP contribution in [-0.2, 0) is 11.4 Å². The lowest BCUT2D eigenvalue weighted by Crippen LogP contribution is -2.50. The van der Waals surface area contributed by atoms with Crippen LogP contribution in [0.3, 0.4) is 0 Å². The molecule has 0 saturated carbocycles. The highest BCUT2D eigenvalue weighted by Crippen LogP contribution is 2.20. The van der Waals surface area contributed by atoms with Gasteiger partial charge in [0.2, 0.25) is 5.91 Å². The summed E-state index contributed by atoms with van der Waals surface area (Å²) in [7, 11) is 0. The highest BCUT2D eigenvalue weighted by molar-refractivity contribution is 5.99. The molecule has 1 atom stereocenters. The predicted molar refractivity (Wildman–Crippen MR) is 90.7 cm³/mol. The molecule has 2 aromatic rings. The van der Waals surface area contributed by atoms with Crippen LogP contribution in [0.4, 0.5) is 0 Å². The number of ether oxygens (including phenoxy) is 1. The standard InChI is InChI=1S/C19H20N2O3/c22-18(21-16-10-6-12-20-19(16)23)15-9-4-5-11-17(15)24-13-14-7-2-1-3-8-14/h1-5,7-9,11,16H,6,10,12-13H2,(H,20,23)(H,21,22)/t16-/m1/s1. The molecule has 1 heterocycles. The molecule has 3 rings (SSSR count). The number of rotatable bonds is 5. The molecule has 5 heteroatoms. The largest absolute Gasteiger partial charge is 0.488 e. The molecule has 0 aromatic heterocycles. The first kappa shape index (κ1) is 16.1. The fraction of sp³-hybridized carbons (Fsp3) is 0.263. The van der Waals surface area contributed by atoms with Crippen LogP contribution < -0.4 is 15.4 Å². The van der Waals surface area contributed by atoms with E-state index in [1.165, 1.54) is 0 Å². The Morgan fingerprint density at radius 2 is 1.88 bits per heavy atom. The molecule has 0 bridgehead atoms. The molecule has 124 valence electrons. The molecule has 2 amide bonds. The summed E-state index contributed by atoms with van der Waals surface area (Å²) < 4.78 is 5.80. The molecule has 1 fully saturated rings. The van der Waals surface area contributed by atoms with Gasteiger partial charge in [0.15, 0.2) is 0 Å². The van der Waals surface area contributed by atoms with Gasteiger partial charge in [0, 0.05) is 6.54 Å². The Labute approximate surface area is 141 Å². The summed E-state index contributed by atoms with van der Waals surface area (Å²) in [5.74, 6) is 0.0908. The van der Waals surface area contributed by atoms with Gasteiger partial charge < -0.3 is 15.4 Å². The van der Waals surface area contributed by atoms with Gasteiger partial charge in [-0.25, -0.2) is 0 Å². The van der Waals surface area contributed by atoms with E-state index >= 15 is 0 Å². The third-order valence-electron chi connectivity index (χ3n) is 3.96. The normalized spacial score (nSPS) is 17.0. The summed E-state index contributed by atoms with van der Waals surface area (Å²) in [5.41, 5.74) is 1.46. The maximum atomic E-state index is 12.5. The summed E-state index contributed by atoms with van der Waals surface area (Å²) in [4.78, 5) is 24.3. The van der Waals surface area contributed by atoms with Crippen molar-refractivity contribution >= 4 is 11.8 Å². The lowest BCUT2D eigenvalue weighted by Gasteiger charge is -2.23. The number of nitrogens with one attached hydrogen (secondary N) is 2. The Kier molecular flexibility index (Phi) is 5.11. The molecule has 0 radical (unpaired) electrons. The molecule has 5 nitrogen and oxygen atoms in total. The number of hydrogen-bond donors (Lipinski definition) is 2. The minimum Gasteiger partial charge on any atom is -0.488 e. The summed E-state index contributed by atoms with van der Waals surface area (Å²) >= 11 is 0. The highest BCUT2D eigenvalue weighted by atomic mass is 16.5. The van der Waals surface area contributed by atoms with Crippen LogP contribution in [0.15, 0.2) is 54.6 Å². The average molecular weight is 324 g/mol. The number of benzene rings is 2. The maximum absolute atomic E-state index is 12.5. The average Bonchev–Trinajstić information content (AvgIpc) is 2.63. The molecule has 0 aliphatic carbocycles. The number of carbonyl (C=O) groups is 2. The van der Waals surface area contributed by atoms with E-state index < -0.39 is 6.04 Å². The number of hydrogen-bond acceptors (Lipinski definition) is 3. The zero-order chi connectivity index (χ0) is 16.8. The van der Waals surface area contributed by atoms with Crippen LogP contribution in [0, 0.1) is 0 Å². The van der Waals surface area contributed by atoms with E-state index in [4.69, 9.17) is 4.74 Å². The zero-order valence-electron chi connectivity index (χ0n) is 13.3. The first-order valence-electron chi connectivity index (χ1n) is 8.08. The molecule has 1 saturated heterocycles. The topological polar surface area (TPSA) is 67.4 Å². The second kappa shape index (κ2) is 7.64. The number of para-hydroxylation sites is 1. The van der Waals surface area contributed by atoms with Gasteiger partial charge >= 0.3 is 0 Å². The number of amides is 2. The molecule has 1 aliphatic heterocycles. The second-order valence-electron chi connectivity index (χ2n) is 5.73. The molecule has 2 N–H and O–H groups in total. The molecular formula is C19H20N2O3. The predicted octanol–water partition coefficient (Wildman–Crippen LogP) is 2.27. The van der Waals surface area contributed by atoms with E-state index in [1.54, 1.807) is 18.2 Å². The minimum absolute atomic E-state index is 0.128. The Morgan fingerprint density at radius 1 is 1.12 bits per heavy atom. The van der Waals surface area contributed by atoms with Crippen molar-refractivity contribution in [2.75, 3.05) is 6.54 Å². The molecular weight excluding hydrogens is 304 g/mol. The summed E-state index contributed by atoms with van der Waals surface area (Å²) in [6.45, 7) is 1.05. The minimum atomic E-state index is -0.478. The lowest BCUT2D eigenvalue weighted by molar-refractivity contribution is -0.124. The monoisotopic (exact) mass is 324 g/mol. The van der Waals surface area contributed by atoms with E-state index in [0.29, 0.717) is 30.9 Å². The van der Waals surface area contributed by atoms with Crippen molar-refractivity contribution in [2.45, 2.75) is 25.5 Å². The molecule has 0 unspecified atom stereocenters. The van der Waals surface area contributed by atoms with E-state index in [9.17, 15) is 9.59 Å². The third-order valence-corrected chi connectivity index (χ3v) is 3.96. The van der Waals surface area contributed by atoms with Crippen molar-refractivity contribution in [1.29, 1.82) is 0 Å². The van der Waals surface area contributed by atoms with Gasteiger partial charge in [0.05, 0.1) is 5.56 Å². The fourth-order valence-electron chi connectivity index (χ4n) is 2.66. The first-order valence-corrected chi connectivity index (χ1v) is 8.08. The van der Waals surface area contributed by atoms with Crippen molar-refractivity contribution < 1.29 is 14.3 Å². The SMILES string of the molecule is O=C(N[C@@H]1CCCNC1=O)c1ccccc1OCc1ccccc1. The Balaban J connectivity index is 1.68. The van der Waals surface area contributed by atoms with Crippen LogP contribution in [0.25, 0.3) is 0 Å². The first-order chi connectivity index (χ1) is 11.7. The number of carbonyl (C=O) groups excluding carboxylic acids is 2. The summed E-state index contributed by atoms with van der Waals surface area (Å²) in [5, 5.41) is 5.56. The van der Waals surface area contributed by atoms with Crippen molar-refractivity contribution in [3.63, 3.8) is 0 Å². The van der Waals surface area contributed by atoms with Crippen molar-refractivity contribution in [2.24, 2.45) is 0 Å². The Morgan fingerprint density at radius 3 is 2.67 bits per heavy atom. The highest BCUT2D eigenvalue weighted by Gasteiger charge is 2.25. The smallest absolute Gasteiger partial charge is 0.255 e. The van der Waals surface area contributed by atoms with Crippen LogP contribution in [0.5, 0.6) is 5.75 Å². The van der Waals surface area contributed by atoms with Gasteiger partial charge in [0.1, 0.15) is 18.4 Å². The molecule has 0 spiro atoms. The van der Waals surface area contributed by atoms with Crippen LogP contribution in [-0.4, -0.2) is 24.4 Å². The lowest BCUT2D eigenvalue weighted by atomic mass is 10.1. The van der Waals surface area contributed by atoms with Crippen molar-refractivity contribution in [3.05, 3.63) is 65.7 Å². The maximum Gasteiger partial charge on any atom is 0.255 e. The van der Waals surface area contributed by atoms with Gasteiger partial charge in [-0.2, -0.15) is 0 Å². The Bertz CT molecular complexity index is 716. The van der Waals surface area contributed by atoms with Gasteiger partial charge in [0.25, 0.3) is 5.91 Å². The zero-order valence-corrected chi connectivity index (χ0v) is 13.3. The van der Waals surface area contributed by atoms with E-state index in [2.05, 4.69) is 10.6 Å². The molecule has 24 heavy (non-hydrogen) atoms. The van der Waals surface area contributed by atoms with Gasteiger partial charge in [-0.3, -0.25) is 9.59 Å². The quantitative estimate of drug-likeness (QED) is 0.886. The van der Waals surface area contributed by atoms with Crippen LogP contribution >= 0.6 is 0 Å². The van der Waals surface area contributed by atoms with E-state index in [0.717, 1.165) is 12.0 Å². The third kappa shape index (κ3) is 3.93. The van der Waals surface area contributed by atoms with Crippen molar-refractivity contribution in [3.8, 4) is 5.75 Å². The van der Waals surface area contributed by atoms with E-state index in [1.807, 2.05) is 36.4 Å². The Hall–Kier alpha value is -2.82. The summed E-state index contributed by atoms with van der Waals surface area (Å²) in [6, 6.07) is 16.4. The van der Waals surface area contributed by atoms with Gasteiger partial charge in [-0.15, -0.1) is 0 Å². The number of piperidine rings is 1. The molecule has 2 aromatic carbocycles. The molecule has 1 aliphatic rings. The fourth-order valence-corrected chi connectivity index (χ4v) is 2.66. The summed E-state index contributed by atoms with van der Waals surface area (Å²) in [6.07, 6.45) is 1.52. The van der Waals surface area contributed by atoms with Gasteiger partial charge in [-0.05, 0) is 30.5 Å². The van der Waals surface area contributed by atoms with Crippen molar-refractivity contribution in [1.82, 2.24) is 10.6 Å².